The van der Waals surface area contributed by atoms with E-state index in [-0.39, 0.29) is 5.91 Å². The number of aryl methyl sites for hydroxylation is 2. The number of benzene rings is 2. The van der Waals surface area contributed by atoms with Crippen molar-refractivity contribution in [3.63, 3.8) is 0 Å². The summed E-state index contributed by atoms with van der Waals surface area (Å²) in [5, 5.41) is 7.48. The fourth-order valence-electron chi connectivity index (χ4n) is 3.30. The minimum absolute atomic E-state index is 0.106. The van der Waals surface area contributed by atoms with Gasteiger partial charge in [0.1, 0.15) is 5.69 Å². The summed E-state index contributed by atoms with van der Waals surface area (Å²) in [4.78, 5) is 15.8. The van der Waals surface area contributed by atoms with Gasteiger partial charge in [0.25, 0.3) is 5.91 Å². The summed E-state index contributed by atoms with van der Waals surface area (Å²) in [7, 11) is 0. The molecule has 0 saturated heterocycles. The molecule has 1 amide bonds. The number of fused-ring (bicyclic) bond motifs is 2. The van der Waals surface area contributed by atoms with E-state index in [9.17, 15) is 4.79 Å². The van der Waals surface area contributed by atoms with Crippen LogP contribution < -0.4 is 10.6 Å². The maximum Gasteiger partial charge on any atom is 0.272 e. The Kier molecular flexibility index (Phi) is 3.82. The second-order valence-electron chi connectivity index (χ2n) is 6.49. The number of anilines is 1. The zero-order valence-electron chi connectivity index (χ0n) is 13.8. The third-order valence-electron chi connectivity index (χ3n) is 4.60. The maximum absolute atomic E-state index is 12.5. The molecule has 0 bridgehead atoms. The van der Waals surface area contributed by atoms with Crippen molar-refractivity contribution in [2.24, 2.45) is 0 Å². The second-order valence-corrected chi connectivity index (χ2v) is 6.49. The predicted molar refractivity (Wildman–Crippen MR) is 97.5 cm³/mol. The van der Waals surface area contributed by atoms with Gasteiger partial charge in [-0.3, -0.25) is 4.79 Å². The number of hydrogen-bond acceptors (Lipinski definition) is 2. The molecule has 0 saturated carbocycles. The molecule has 3 aromatic rings. The molecule has 2 heterocycles. The van der Waals surface area contributed by atoms with Crippen molar-refractivity contribution < 1.29 is 4.79 Å². The molecule has 4 rings (SSSR count). The van der Waals surface area contributed by atoms with Gasteiger partial charge in [-0.25, -0.2) is 0 Å². The van der Waals surface area contributed by atoms with E-state index < -0.39 is 0 Å². The van der Waals surface area contributed by atoms with E-state index in [0.717, 1.165) is 42.5 Å². The molecule has 0 aliphatic carbocycles. The zero-order chi connectivity index (χ0) is 16.5. The van der Waals surface area contributed by atoms with E-state index in [4.69, 9.17) is 0 Å². The van der Waals surface area contributed by atoms with Gasteiger partial charge in [0.15, 0.2) is 0 Å². The zero-order valence-corrected chi connectivity index (χ0v) is 13.8. The second kappa shape index (κ2) is 6.13. The van der Waals surface area contributed by atoms with E-state index in [1.54, 1.807) is 0 Å². The van der Waals surface area contributed by atoms with Crippen molar-refractivity contribution in [1.82, 2.24) is 10.3 Å². The summed E-state index contributed by atoms with van der Waals surface area (Å²) in [6, 6.07) is 14.2. The van der Waals surface area contributed by atoms with Crippen LogP contribution in [0.3, 0.4) is 0 Å². The summed E-state index contributed by atoms with van der Waals surface area (Å²) >= 11 is 0. The van der Waals surface area contributed by atoms with Crippen LogP contribution >= 0.6 is 0 Å². The summed E-state index contributed by atoms with van der Waals surface area (Å²) in [5.74, 6) is -0.106. The first kappa shape index (κ1) is 15.0. The molecule has 0 unspecified atom stereocenters. The van der Waals surface area contributed by atoms with Gasteiger partial charge >= 0.3 is 0 Å². The average molecular weight is 319 g/mol. The molecule has 3 N–H and O–H groups in total. The van der Waals surface area contributed by atoms with Gasteiger partial charge in [0.2, 0.25) is 0 Å². The normalized spacial score (nSPS) is 14.2. The van der Waals surface area contributed by atoms with Crippen molar-refractivity contribution in [2.45, 2.75) is 26.3 Å². The van der Waals surface area contributed by atoms with Gasteiger partial charge in [-0.2, -0.15) is 0 Å². The van der Waals surface area contributed by atoms with Crippen LogP contribution in [0.25, 0.3) is 10.9 Å². The molecule has 0 spiro atoms. The van der Waals surface area contributed by atoms with Crippen molar-refractivity contribution in [3.05, 3.63) is 64.8 Å². The van der Waals surface area contributed by atoms with Crippen LogP contribution in [0.1, 0.15) is 33.6 Å². The minimum atomic E-state index is -0.106. The number of H-pyrrole nitrogens is 1. The van der Waals surface area contributed by atoms with E-state index in [1.807, 2.05) is 25.1 Å². The molecular formula is C20H21N3O. The van der Waals surface area contributed by atoms with Crippen LogP contribution in [-0.4, -0.2) is 17.4 Å². The molecule has 1 aromatic heterocycles. The molecule has 4 heteroatoms. The molecule has 0 fully saturated rings. The molecule has 0 radical (unpaired) electrons. The average Bonchev–Trinajstić information content (AvgIpc) is 2.85. The number of amides is 1. The highest BCUT2D eigenvalue weighted by Gasteiger charge is 2.12. The highest BCUT2D eigenvalue weighted by molar-refractivity contribution is 6.06. The number of nitrogens with one attached hydrogen (secondary N) is 3. The Balaban J connectivity index is 1.57. The Morgan fingerprint density at radius 1 is 1.08 bits per heavy atom. The van der Waals surface area contributed by atoms with Gasteiger partial charge in [0, 0.05) is 23.1 Å². The number of carbonyl (C=O) groups excluding carboxylic acids is 1. The molecular weight excluding hydrogens is 298 g/mol. The summed E-state index contributed by atoms with van der Waals surface area (Å²) in [6.45, 7) is 3.96. The van der Waals surface area contributed by atoms with E-state index >= 15 is 0 Å². The van der Waals surface area contributed by atoms with Crippen molar-refractivity contribution >= 4 is 22.5 Å². The topological polar surface area (TPSA) is 56.9 Å². The SMILES string of the molecule is Cc1ccc2cc(C(=O)Nc3ccc4c(c3)CNCCC4)[nH]c2c1. The Hall–Kier alpha value is -2.59. The van der Waals surface area contributed by atoms with E-state index in [0.29, 0.717) is 5.69 Å². The van der Waals surface area contributed by atoms with Gasteiger partial charge < -0.3 is 15.6 Å². The molecule has 122 valence electrons. The first-order chi connectivity index (χ1) is 11.7. The fourth-order valence-corrected chi connectivity index (χ4v) is 3.30. The van der Waals surface area contributed by atoms with E-state index in [2.05, 4.69) is 39.9 Å². The number of hydrogen-bond donors (Lipinski definition) is 3. The third-order valence-corrected chi connectivity index (χ3v) is 4.60. The number of aromatic amines is 1. The largest absolute Gasteiger partial charge is 0.351 e. The Bertz CT molecular complexity index is 910. The standard InChI is InChI=1S/C20H21N3O/c1-13-4-5-15-11-19(23-18(15)9-13)20(24)22-17-7-6-14-3-2-8-21-12-16(14)10-17/h4-7,9-11,21,23H,2-3,8,12H2,1H3,(H,22,24). The predicted octanol–water partition coefficient (Wildman–Crippen LogP) is 3.76. The lowest BCUT2D eigenvalue weighted by Gasteiger charge is -2.09. The Morgan fingerprint density at radius 3 is 2.92 bits per heavy atom. The van der Waals surface area contributed by atoms with Gasteiger partial charge in [0.05, 0.1) is 0 Å². The monoisotopic (exact) mass is 319 g/mol. The molecule has 1 aliphatic heterocycles. The lowest BCUT2D eigenvalue weighted by Crippen LogP contribution is -2.14. The van der Waals surface area contributed by atoms with Crippen LogP contribution in [0.15, 0.2) is 42.5 Å². The lowest BCUT2D eigenvalue weighted by molar-refractivity contribution is 0.102. The van der Waals surface area contributed by atoms with Gasteiger partial charge in [-0.1, -0.05) is 18.2 Å². The van der Waals surface area contributed by atoms with Crippen LogP contribution in [0, 0.1) is 6.92 Å². The first-order valence-corrected chi connectivity index (χ1v) is 8.42. The molecule has 24 heavy (non-hydrogen) atoms. The number of rotatable bonds is 2. The lowest BCUT2D eigenvalue weighted by atomic mass is 10.0. The molecule has 4 nitrogen and oxygen atoms in total. The number of carbonyl (C=O) groups is 1. The third kappa shape index (κ3) is 2.93. The van der Waals surface area contributed by atoms with Crippen LogP contribution in [-0.2, 0) is 13.0 Å². The van der Waals surface area contributed by atoms with Crippen molar-refractivity contribution in [2.75, 3.05) is 11.9 Å². The van der Waals surface area contributed by atoms with Crippen molar-refractivity contribution in [1.29, 1.82) is 0 Å². The molecule has 1 aliphatic rings. The quantitative estimate of drug-likeness (QED) is 0.673. The van der Waals surface area contributed by atoms with Crippen LogP contribution in [0.4, 0.5) is 5.69 Å². The van der Waals surface area contributed by atoms with Gasteiger partial charge in [-0.05, 0) is 67.3 Å². The molecule has 0 atom stereocenters. The highest BCUT2D eigenvalue weighted by Crippen LogP contribution is 2.21. The Morgan fingerprint density at radius 2 is 2.00 bits per heavy atom. The molecule has 2 aromatic carbocycles. The van der Waals surface area contributed by atoms with E-state index in [1.165, 1.54) is 16.7 Å². The van der Waals surface area contributed by atoms with Crippen LogP contribution in [0.5, 0.6) is 0 Å². The van der Waals surface area contributed by atoms with Crippen LogP contribution in [0.2, 0.25) is 0 Å². The summed E-state index contributed by atoms with van der Waals surface area (Å²) in [5.41, 5.74) is 6.25. The highest BCUT2D eigenvalue weighted by atomic mass is 16.1. The summed E-state index contributed by atoms with van der Waals surface area (Å²) < 4.78 is 0. The summed E-state index contributed by atoms with van der Waals surface area (Å²) in [6.07, 6.45) is 2.26. The van der Waals surface area contributed by atoms with Crippen molar-refractivity contribution in [3.8, 4) is 0 Å². The smallest absolute Gasteiger partial charge is 0.272 e. The Labute approximate surface area is 141 Å². The fraction of sp³-hybridized carbons (Fsp3) is 0.250. The van der Waals surface area contributed by atoms with Gasteiger partial charge in [-0.15, -0.1) is 0 Å². The minimum Gasteiger partial charge on any atom is -0.351 e. The number of aromatic nitrogens is 1. The first-order valence-electron chi connectivity index (χ1n) is 8.42. The maximum atomic E-state index is 12.5.